The minimum atomic E-state index is -5.74. The third kappa shape index (κ3) is 5.77. The van der Waals surface area contributed by atoms with Gasteiger partial charge in [0.05, 0.1) is 18.6 Å². The van der Waals surface area contributed by atoms with Gasteiger partial charge in [0.2, 0.25) is 0 Å². The van der Waals surface area contributed by atoms with Gasteiger partial charge in [-0.25, -0.2) is 28.6 Å². The molecule has 17 nitrogen and oxygen atoms in total. The van der Waals surface area contributed by atoms with Crippen LogP contribution in [0.5, 0.6) is 0 Å². The number of nitrogens with zero attached hydrogens (tertiary/aromatic N) is 4. The van der Waals surface area contributed by atoms with Crippen LogP contribution < -0.4 is 0 Å². The number of fused-ring (bicyclic) bond motifs is 1. The van der Waals surface area contributed by atoms with Crippen molar-refractivity contribution in [2.45, 2.75) is 31.0 Å². The number of imidazole rings is 1. The molecule has 0 amide bonds. The van der Waals surface area contributed by atoms with Crippen molar-refractivity contribution >= 4 is 34.6 Å². The molecule has 3 heterocycles. The Hall–Kier alpha value is -1.64. The number of ether oxygens (including phenoxy) is 1. The number of hydrogen-bond donors (Lipinski definition) is 6. The SMILES string of the molecule is C=C=C[C@@]1(O)[C@H](O)[C@@H](COP(=O)(O)OP(=O)(O)OP(=O)(O)O)O[C@H]1n1cnc2c(C)ncnc21. The molecule has 2 aromatic heterocycles. The van der Waals surface area contributed by atoms with E-state index in [1.165, 1.54) is 17.2 Å². The van der Waals surface area contributed by atoms with Crippen LogP contribution in [-0.2, 0) is 31.6 Å². The quantitative estimate of drug-likeness (QED) is 0.177. The van der Waals surface area contributed by atoms with Gasteiger partial charge in [-0.2, -0.15) is 8.62 Å². The van der Waals surface area contributed by atoms with Crippen molar-refractivity contribution in [3.05, 3.63) is 36.7 Å². The summed E-state index contributed by atoms with van der Waals surface area (Å²) in [6.07, 6.45) is -1.35. The van der Waals surface area contributed by atoms with Gasteiger partial charge >= 0.3 is 23.5 Å². The number of rotatable bonds is 9. The molecule has 3 rings (SSSR count). The molecular weight excluding hydrogens is 525 g/mol. The van der Waals surface area contributed by atoms with Gasteiger partial charge in [-0.1, -0.05) is 6.58 Å². The van der Waals surface area contributed by atoms with Crippen molar-refractivity contribution in [2.24, 2.45) is 0 Å². The Morgan fingerprint density at radius 3 is 2.50 bits per heavy atom. The third-order valence-corrected chi connectivity index (χ3v) is 8.27. The highest BCUT2D eigenvalue weighted by Gasteiger charge is 2.56. The highest BCUT2D eigenvalue weighted by atomic mass is 31.3. The van der Waals surface area contributed by atoms with E-state index in [0.717, 1.165) is 6.08 Å². The molecule has 2 unspecified atom stereocenters. The van der Waals surface area contributed by atoms with Crippen LogP contribution in [0.1, 0.15) is 11.9 Å². The van der Waals surface area contributed by atoms with Crippen molar-refractivity contribution in [1.29, 1.82) is 0 Å². The fourth-order valence-electron chi connectivity index (χ4n) is 3.14. The van der Waals surface area contributed by atoms with E-state index in [0.29, 0.717) is 11.2 Å². The van der Waals surface area contributed by atoms with Gasteiger partial charge in [0.15, 0.2) is 17.5 Å². The van der Waals surface area contributed by atoms with Crippen LogP contribution in [0, 0.1) is 6.92 Å². The summed E-state index contributed by atoms with van der Waals surface area (Å²) in [6, 6.07) is 0. The lowest BCUT2D eigenvalue weighted by Crippen LogP contribution is -2.45. The fourth-order valence-corrected chi connectivity index (χ4v) is 6.17. The maximum Gasteiger partial charge on any atom is 0.490 e. The predicted octanol–water partition coefficient (Wildman–Crippen LogP) is -0.191. The zero-order valence-electron chi connectivity index (χ0n) is 17.0. The summed E-state index contributed by atoms with van der Waals surface area (Å²) in [6.45, 7) is 4.00. The number of aromatic nitrogens is 4. The molecule has 6 atom stereocenters. The normalized spacial score (nSPS) is 28.9. The van der Waals surface area contributed by atoms with E-state index in [1.807, 2.05) is 0 Å². The van der Waals surface area contributed by atoms with Gasteiger partial charge in [0.1, 0.15) is 24.1 Å². The van der Waals surface area contributed by atoms with Gasteiger partial charge < -0.3 is 34.5 Å². The van der Waals surface area contributed by atoms with Crippen LogP contribution in [0.3, 0.4) is 0 Å². The number of aliphatic hydroxyl groups excluding tert-OH is 1. The van der Waals surface area contributed by atoms with Crippen LogP contribution in [0.25, 0.3) is 11.2 Å². The van der Waals surface area contributed by atoms with E-state index in [2.05, 4.69) is 40.4 Å². The number of aryl methyl sites for hydroxylation is 1. The molecule has 0 radical (unpaired) electrons. The Bertz CT molecular complexity index is 1270. The van der Waals surface area contributed by atoms with Crippen LogP contribution in [0.15, 0.2) is 31.0 Å². The second-order valence-electron chi connectivity index (χ2n) is 6.88. The van der Waals surface area contributed by atoms with E-state index in [1.54, 1.807) is 6.92 Å². The summed E-state index contributed by atoms with van der Waals surface area (Å²) in [7, 11) is -16.8. The first kappa shape index (κ1) is 27.0. The van der Waals surface area contributed by atoms with Gasteiger partial charge in [-0.15, -0.1) is 5.73 Å². The molecule has 1 fully saturated rings. The molecule has 6 N–H and O–H groups in total. The summed E-state index contributed by atoms with van der Waals surface area (Å²) in [4.78, 5) is 48.2. The van der Waals surface area contributed by atoms with E-state index < -0.39 is 54.1 Å². The standard InChI is InChI=1S/C14H19N4O13P3/c1-3-4-14(20)11(19)9(5-28-33(24,25)31-34(26,27)30-32(21,22)23)29-13(14)18-7-17-10-8(2)15-6-16-12(10)18/h4,6-7,9,11,13,19-20H,1,5H2,2H3,(H,24,25)(H,26,27)(H2,21,22,23)/t9-,11-,13-,14-/m1/s1. The third-order valence-electron chi connectivity index (χ3n) is 4.47. The number of hydrogen-bond acceptors (Lipinski definition) is 12. The molecular formula is C14H19N4O13P3. The van der Waals surface area contributed by atoms with Crippen LogP contribution >= 0.6 is 23.5 Å². The second-order valence-corrected chi connectivity index (χ2v) is 11.3. The second kappa shape index (κ2) is 9.43. The van der Waals surface area contributed by atoms with Gasteiger partial charge in [0, 0.05) is 0 Å². The summed E-state index contributed by atoms with van der Waals surface area (Å²) in [5.41, 5.74) is 1.18. The lowest BCUT2D eigenvalue weighted by molar-refractivity contribution is -0.0769. The van der Waals surface area contributed by atoms with Crippen molar-refractivity contribution in [3.8, 4) is 0 Å². The topological polar surface area (TPSA) is 253 Å². The molecule has 1 aliphatic heterocycles. The van der Waals surface area contributed by atoms with Gasteiger partial charge in [-0.05, 0) is 13.0 Å². The van der Waals surface area contributed by atoms with Crippen molar-refractivity contribution in [2.75, 3.05) is 6.61 Å². The molecule has 20 heteroatoms. The first-order valence-corrected chi connectivity index (χ1v) is 13.5. The van der Waals surface area contributed by atoms with E-state index >= 15 is 0 Å². The summed E-state index contributed by atoms with van der Waals surface area (Å²) >= 11 is 0. The number of phosphoric ester groups is 1. The van der Waals surface area contributed by atoms with E-state index in [-0.39, 0.29) is 5.65 Å². The molecule has 0 bridgehead atoms. The predicted molar refractivity (Wildman–Crippen MR) is 108 cm³/mol. The summed E-state index contributed by atoms with van der Waals surface area (Å²) in [5, 5.41) is 21.8. The Kier molecular flexibility index (Phi) is 7.48. The summed E-state index contributed by atoms with van der Waals surface area (Å²) < 4.78 is 52.7. The Morgan fingerprint density at radius 1 is 1.21 bits per heavy atom. The fraction of sp³-hybridized carbons (Fsp3) is 0.429. The van der Waals surface area contributed by atoms with E-state index in [4.69, 9.17) is 14.5 Å². The van der Waals surface area contributed by atoms with Crippen molar-refractivity contribution in [1.82, 2.24) is 19.5 Å². The largest absolute Gasteiger partial charge is 0.490 e. The van der Waals surface area contributed by atoms with Gasteiger partial charge in [-0.3, -0.25) is 9.09 Å². The first-order chi connectivity index (χ1) is 15.6. The molecule has 188 valence electrons. The van der Waals surface area contributed by atoms with Crippen LogP contribution in [0.2, 0.25) is 0 Å². The monoisotopic (exact) mass is 544 g/mol. The van der Waals surface area contributed by atoms with Crippen molar-refractivity contribution < 1.29 is 61.4 Å². The maximum absolute atomic E-state index is 12.0. The van der Waals surface area contributed by atoms with E-state index in [9.17, 15) is 33.7 Å². The average molecular weight is 544 g/mol. The molecule has 0 aliphatic carbocycles. The van der Waals surface area contributed by atoms with Crippen LogP contribution in [-0.4, -0.2) is 73.7 Å². The average Bonchev–Trinajstić information content (AvgIpc) is 3.19. The van der Waals surface area contributed by atoms with Crippen molar-refractivity contribution in [3.63, 3.8) is 0 Å². The van der Waals surface area contributed by atoms with Crippen LogP contribution in [0.4, 0.5) is 0 Å². The molecule has 1 aliphatic rings. The molecule has 34 heavy (non-hydrogen) atoms. The first-order valence-electron chi connectivity index (χ1n) is 8.94. The molecule has 0 aromatic carbocycles. The number of aliphatic hydroxyl groups is 2. The molecule has 1 saturated heterocycles. The zero-order valence-corrected chi connectivity index (χ0v) is 19.7. The smallest absolute Gasteiger partial charge is 0.387 e. The zero-order chi connectivity index (χ0) is 25.5. The lowest BCUT2D eigenvalue weighted by atomic mass is 9.94. The van der Waals surface area contributed by atoms with Gasteiger partial charge in [0.25, 0.3) is 0 Å². The maximum atomic E-state index is 12.0. The Morgan fingerprint density at radius 2 is 1.88 bits per heavy atom. The lowest BCUT2D eigenvalue weighted by Gasteiger charge is -2.27. The minimum absolute atomic E-state index is 0.217. The molecule has 0 spiro atoms. The highest BCUT2D eigenvalue weighted by Crippen LogP contribution is 2.66. The highest BCUT2D eigenvalue weighted by molar-refractivity contribution is 7.66. The molecule has 0 saturated carbocycles. The minimum Gasteiger partial charge on any atom is -0.387 e. The molecule has 2 aromatic rings. The number of phosphoric acid groups is 3. The summed E-state index contributed by atoms with van der Waals surface area (Å²) in [5.74, 6) is 0. The Labute approximate surface area is 190 Å². The Balaban J connectivity index is 1.83.